The van der Waals surface area contributed by atoms with Crippen molar-refractivity contribution in [2.45, 2.75) is 61.7 Å². The van der Waals surface area contributed by atoms with Crippen molar-refractivity contribution in [3.63, 3.8) is 0 Å². The molecule has 0 saturated carbocycles. The summed E-state index contributed by atoms with van der Waals surface area (Å²) in [5.41, 5.74) is -0.478. The number of sulfonamides is 1. The number of anilines is 1. The Morgan fingerprint density at radius 2 is 1.88 bits per heavy atom. The highest BCUT2D eigenvalue weighted by atomic mass is 32.2. The molecule has 182 valence electrons. The van der Waals surface area contributed by atoms with E-state index in [0.717, 1.165) is 12.1 Å². The quantitative estimate of drug-likeness (QED) is 0.592. The van der Waals surface area contributed by atoms with E-state index in [2.05, 4.69) is 5.32 Å². The van der Waals surface area contributed by atoms with Crippen LogP contribution in [0.3, 0.4) is 0 Å². The molecule has 2 aromatic rings. The lowest BCUT2D eigenvalue weighted by molar-refractivity contribution is -0.0663. The fourth-order valence-corrected chi connectivity index (χ4v) is 7.94. The molecule has 1 aromatic heterocycles. The third-order valence-electron chi connectivity index (χ3n) is 7.06. The summed E-state index contributed by atoms with van der Waals surface area (Å²) in [5.74, 6) is -2.78. The first-order valence-corrected chi connectivity index (χ1v) is 12.5. The van der Waals surface area contributed by atoms with E-state index in [9.17, 15) is 32.2 Å². The maximum atomic E-state index is 13.9. The van der Waals surface area contributed by atoms with Crippen LogP contribution in [0.1, 0.15) is 47.4 Å². The molecule has 2 atom stereocenters. The lowest BCUT2D eigenvalue weighted by Crippen LogP contribution is -2.54. The Morgan fingerprint density at radius 1 is 1.21 bits per heavy atom. The molecule has 0 radical (unpaired) electrons. The Labute approximate surface area is 195 Å². The largest absolute Gasteiger partial charge is 0.393 e. The van der Waals surface area contributed by atoms with E-state index in [1.54, 1.807) is 23.6 Å². The Kier molecular flexibility index (Phi) is 5.43. The number of aromatic nitrogens is 1. The summed E-state index contributed by atoms with van der Waals surface area (Å²) in [5, 5.41) is 22.7. The number of rotatable bonds is 5. The number of fused-ring (bicyclic) bond motifs is 3. The van der Waals surface area contributed by atoms with E-state index in [-0.39, 0.29) is 34.7 Å². The molecule has 8 nitrogen and oxygen atoms in total. The van der Waals surface area contributed by atoms with Crippen molar-refractivity contribution in [3.8, 4) is 0 Å². The summed E-state index contributed by atoms with van der Waals surface area (Å²) in [7, 11) is -4.03. The first kappa shape index (κ1) is 23.2. The minimum atomic E-state index is -4.03. The Balaban J connectivity index is 1.53. The van der Waals surface area contributed by atoms with Gasteiger partial charge in [0.05, 0.1) is 17.9 Å². The van der Waals surface area contributed by atoms with Crippen molar-refractivity contribution >= 4 is 27.7 Å². The number of allylic oxidation sites excluding steroid dienone is 1. The minimum Gasteiger partial charge on any atom is -0.393 e. The monoisotopic (exact) mass is 493 g/mol. The summed E-state index contributed by atoms with van der Waals surface area (Å²) in [6, 6.07) is 2.10. The number of benzene rings is 1. The predicted octanol–water partition coefficient (Wildman–Crippen LogP) is 2.39. The van der Waals surface area contributed by atoms with Gasteiger partial charge in [-0.05, 0) is 50.8 Å². The number of nitrogens with one attached hydrogen (secondary N) is 1. The first-order valence-electron chi connectivity index (χ1n) is 11.1. The van der Waals surface area contributed by atoms with E-state index >= 15 is 0 Å². The molecule has 2 saturated heterocycles. The Bertz CT molecular complexity index is 1310. The van der Waals surface area contributed by atoms with Gasteiger partial charge in [-0.2, -0.15) is 4.31 Å². The molecular weight excluding hydrogens is 468 g/mol. The number of aliphatic hydroxyl groups is 2. The van der Waals surface area contributed by atoms with Gasteiger partial charge in [0.25, 0.3) is 5.91 Å². The molecule has 3 aliphatic heterocycles. The summed E-state index contributed by atoms with van der Waals surface area (Å²) in [6.45, 7) is 1.43. The van der Waals surface area contributed by atoms with Crippen molar-refractivity contribution in [2.75, 3.05) is 11.9 Å². The van der Waals surface area contributed by atoms with Gasteiger partial charge in [-0.3, -0.25) is 4.79 Å². The van der Waals surface area contributed by atoms with Gasteiger partial charge in [-0.15, -0.1) is 0 Å². The lowest BCUT2D eigenvalue weighted by atomic mass is 9.88. The number of halogens is 2. The number of hydrogen-bond donors (Lipinski definition) is 3. The van der Waals surface area contributed by atoms with E-state index in [1.165, 1.54) is 10.4 Å². The fraction of sp³-hybridized carbons (Fsp3) is 0.435. The summed E-state index contributed by atoms with van der Waals surface area (Å²) < 4.78 is 57.7. The second-order valence-electron chi connectivity index (χ2n) is 9.29. The molecular formula is C23H25F2N3O5S. The zero-order valence-corrected chi connectivity index (χ0v) is 19.3. The van der Waals surface area contributed by atoms with Gasteiger partial charge in [0.2, 0.25) is 10.0 Å². The zero-order valence-electron chi connectivity index (χ0n) is 18.5. The van der Waals surface area contributed by atoms with Crippen LogP contribution in [0.5, 0.6) is 0 Å². The molecule has 2 bridgehead atoms. The van der Waals surface area contributed by atoms with Crippen LogP contribution in [0.4, 0.5) is 14.5 Å². The maximum absolute atomic E-state index is 13.9. The molecule has 5 rings (SSSR count). The smallest absolute Gasteiger partial charge is 0.272 e. The van der Waals surface area contributed by atoms with Crippen LogP contribution in [-0.4, -0.2) is 57.7 Å². The molecule has 1 aromatic carbocycles. The summed E-state index contributed by atoms with van der Waals surface area (Å²) >= 11 is 0. The molecule has 11 heteroatoms. The number of amides is 1. The van der Waals surface area contributed by atoms with Crippen LogP contribution in [-0.2, 0) is 16.6 Å². The number of hydrogen-bond acceptors (Lipinski definition) is 5. The summed E-state index contributed by atoms with van der Waals surface area (Å²) in [6.07, 6.45) is 4.87. The summed E-state index contributed by atoms with van der Waals surface area (Å²) in [4.78, 5) is 13.2. The second-order valence-corrected chi connectivity index (χ2v) is 11.1. The van der Waals surface area contributed by atoms with Crippen LogP contribution in [0.15, 0.2) is 29.2 Å². The van der Waals surface area contributed by atoms with Crippen LogP contribution >= 0.6 is 0 Å². The average molecular weight is 494 g/mol. The van der Waals surface area contributed by atoms with Gasteiger partial charge in [0.1, 0.15) is 10.6 Å². The van der Waals surface area contributed by atoms with Gasteiger partial charge in [-0.1, -0.05) is 6.08 Å². The van der Waals surface area contributed by atoms with Crippen LogP contribution in [0, 0.1) is 18.6 Å². The SMILES string of the molecule is Cc1c(S(=O)(=O)N2C3CCC2CC(O)(CO)C3)c2n(c1C(=O)Nc1ccc(F)c(F)c1)CC=C2. The topological polar surface area (TPSA) is 112 Å². The predicted molar refractivity (Wildman–Crippen MR) is 120 cm³/mol. The van der Waals surface area contributed by atoms with Crippen molar-refractivity contribution < 1.29 is 32.2 Å². The second kappa shape index (κ2) is 7.98. The fourth-order valence-electron chi connectivity index (χ4n) is 5.66. The maximum Gasteiger partial charge on any atom is 0.272 e. The minimum absolute atomic E-state index is 0.0306. The number of carbonyl (C=O) groups is 1. The van der Waals surface area contributed by atoms with E-state index in [0.29, 0.717) is 25.1 Å². The highest BCUT2D eigenvalue weighted by molar-refractivity contribution is 7.89. The van der Waals surface area contributed by atoms with Gasteiger partial charge in [0, 0.05) is 35.9 Å². The van der Waals surface area contributed by atoms with E-state index < -0.39 is 51.9 Å². The molecule has 2 unspecified atom stereocenters. The molecule has 34 heavy (non-hydrogen) atoms. The molecule has 3 aliphatic rings. The van der Waals surface area contributed by atoms with Crippen molar-refractivity contribution in [3.05, 3.63) is 52.9 Å². The highest BCUT2D eigenvalue weighted by Crippen LogP contribution is 2.45. The van der Waals surface area contributed by atoms with Crippen molar-refractivity contribution in [1.29, 1.82) is 0 Å². The normalized spacial score (nSPS) is 26.1. The van der Waals surface area contributed by atoms with Gasteiger partial charge in [-0.25, -0.2) is 17.2 Å². The molecule has 0 spiro atoms. The molecule has 0 aliphatic carbocycles. The molecule has 2 fully saturated rings. The Morgan fingerprint density at radius 3 is 2.50 bits per heavy atom. The van der Waals surface area contributed by atoms with E-state index in [1.807, 2.05) is 0 Å². The third kappa shape index (κ3) is 3.49. The van der Waals surface area contributed by atoms with E-state index in [4.69, 9.17) is 0 Å². The standard InChI is InChI=1S/C23H25F2N3O5S/c1-13-20(22(30)26-14-4-7-17(24)18(25)9-14)27-8-2-3-19(27)21(13)34(32,33)28-15-5-6-16(28)11-23(31,10-15)12-29/h2-4,7,9,15-16,29,31H,5-6,8,10-12H2,1H3,(H,26,30). The number of aliphatic hydroxyl groups excluding tert-OH is 1. The van der Waals surface area contributed by atoms with Crippen LogP contribution in [0.25, 0.3) is 6.08 Å². The number of carbonyl (C=O) groups excluding carboxylic acids is 1. The number of nitrogens with zero attached hydrogens (tertiary/aromatic N) is 2. The average Bonchev–Trinajstić information content (AvgIpc) is 3.42. The molecule has 1 amide bonds. The molecule has 4 heterocycles. The van der Waals surface area contributed by atoms with Gasteiger partial charge >= 0.3 is 0 Å². The van der Waals surface area contributed by atoms with Crippen molar-refractivity contribution in [2.24, 2.45) is 0 Å². The lowest BCUT2D eigenvalue weighted by Gasteiger charge is -2.42. The van der Waals surface area contributed by atoms with Gasteiger partial charge in [0.15, 0.2) is 11.6 Å². The zero-order chi connectivity index (χ0) is 24.4. The highest BCUT2D eigenvalue weighted by Gasteiger charge is 2.53. The first-order chi connectivity index (χ1) is 16.1. The van der Waals surface area contributed by atoms with Gasteiger partial charge < -0.3 is 20.1 Å². The molecule has 3 N–H and O–H groups in total. The van der Waals surface area contributed by atoms with Crippen LogP contribution in [0.2, 0.25) is 0 Å². The third-order valence-corrected chi connectivity index (χ3v) is 9.24. The Hall–Kier alpha value is -2.60. The number of piperidine rings is 1. The van der Waals surface area contributed by atoms with Crippen molar-refractivity contribution in [1.82, 2.24) is 8.87 Å². The van der Waals surface area contributed by atoms with Crippen LogP contribution < -0.4 is 5.32 Å².